The van der Waals surface area contributed by atoms with E-state index in [9.17, 15) is 0 Å². The smallest absolute Gasteiger partial charge is 0.134 e. The molecule has 140 valence electrons. The lowest BCUT2D eigenvalue weighted by molar-refractivity contribution is 0.0383. The second kappa shape index (κ2) is 11.2. The monoisotopic (exact) mass is 450 g/mol. The van der Waals surface area contributed by atoms with E-state index in [4.69, 9.17) is 9.15 Å². The molecule has 0 unspecified atom stereocenters. The summed E-state index contributed by atoms with van der Waals surface area (Å²) in [4.78, 5) is 2.43. The van der Waals surface area contributed by atoms with Gasteiger partial charge < -0.3 is 14.5 Å². The van der Waals surface area contributed by atoms with Crippen molar-refractivity contribution in [3.8, 4) is 11.3 Å². The summed E-state index contributed by atoms with van der Waals surface area (Å²) >= 11 is 3.53. The van der Waals surface area contributed by atoms with Crippen LogP contribution >= 0.6 is 40.7 Å². The van der Waals surface area contributed by atoms with E-state index < -0.39 is 0 Å². The first-order valence-corrected chi connectivity index (χ1v) is 8.88. The lowest BCUT2D eigenvalue weighted by atomic mass is 10.1. The zero-order valence-corrected chi connectivity index (χ0v) is 17.5. The fourth-order valence-electron chi connectivity index (χ4n) is 2.70. The molecular formula is C18H25BrCl2N2O2. The van der Waals surface area contributed by atoms with Crippen LogP contribution in [-0.2, 0) is 11.3 Å². The maximum atomic E-state index is 5.95. The molecule has 1 aliphatic rings. The van der Waals surface area contributed by atoms with Gasteiger partial charge in [-0.15, -0.1) is 24.8 Å². The lowest BCUT2D eigenvalue weighted by Crippen LogP contribution is -2.40. The van der Waals surface area contributed by atoms with Crippen LogP contribution in [0.1, 0.15) is 11.3 Å². The highest BCUT2D eigenvalue weighted by Crippen LogP contribution is 2.26. The Morgan fingerprint density at radius 3 is 2.60 bits per heavy atom. The number of nitrogens with one attached hydrogen (secondary N) is 1. The molecular weight excluding hydrogens is 427 g/mol. The Labute approximate surface area is 170 Å². The quantitative estimate of drug-likeness (QED) is 0.665. The number of nitrogens with zero attached hydrogens (tertiary/aromatic N) is 1. The third-order valence-corrected chi connectivity index (χ3v) is 5.00. The van der Waals surface area contributed by atoms with E-state index in [-0.39, 0.29) is 24.8 Å². The Kier molecular flexibility index (Phi) is 10.1. The zero-order chi connectivity index (χ0) is 16.1. The first-order valence-electron chi connectivity index (χ1n) is 8.08. The molecule has 1 aromatic carbocycles. The molecule has 1 N–H and O–H groups in total. The van der Waals surface area contributed by atoms with Gasteiger partial charge in [-0.05, 0) is 36.8 Å². The molecule has 1 aromatic heterocycles. The van der Waals surface area contributed by atoms with Crippen molar-refractivity contribution in [1.82, 2.24) is 10.2 Å². The largest absolute Gasteiger partial charge is 0.460 e. The van der Waals surface area contributed by atoms with Crippen molar-refractivity contribution in [2.24, 2.45) is 0 Å². The number of furan rings is 1. The van der Waals surface area contributed by atoms with E-state index in [1.54, 1.807) is 0 Å². The molecule has 7 heteroatoms. The standard InChI is InChI=1S/C18H23BrN2O2.2ClH/c1-14-12-15(2-4-17(14)19)18-5-3-16(23-18)13-20-6-7-21-8-10-22-11-9-21;;/h2-5,12,20H,6-11,13H2,1H3;2*1H. The predicted molar refractivity (Wildman–Crippen MR) is 110 cm³/mol. The second-order valence-electron chi connectivity index (χ2n) is 5.86. The number of rotatable bonds is 6. The Morgan fingerprint density at radius 1 is 1.12 bits per heavy atom. The maximum Gasteiger partial charge on any atom is 0.134 e. The number of morpholine rings is 1. The minimum absolute atomic E-state index is 0. The van der Waals surface area contributed by atoms with Crippen LogP contribution in [-0.4, -0.2) is 44.3 Å². The van der Waals surface area contributed by atoms with Gasteiger partial charge >= 0.3 is 0 Å². The van der Waals surface area contributed by atoms with Gasteiger partial charge in [0.25, 0.3) is 0 Å². The Balaban J connectivity index is 0.00000156. The van der Waals surface area contributed by atoms with Gasteiger partial charge in [0, 0.05) is 36.2 Å². The number of hydrogen-bond donors (Lipinski definition) is 1. The van der Waals surface area contributed by atoms with Crippen LogP contribution in [0.2, 0.25) is 0 Å². The fraction of sp³-hybridized carbons (Fsp3) is 0.444. The van der Waals surface area contributed by atoms with E-state index in [1.807, 2.05) is 6.07 Å². The summed E-state index contributed by atoms with van der Waals surface area (Å²) in [7, 11) is 0. The van der Waals surface area contributed by atoms with Crippen molar-refractivity contribution in [2.45, 2.75) is 13.5 Å². The molecule has 2 heterocycles. The number of hydrogen-bond acceptors (Lipinski definition) is 4. The molecule has 2 aromatic rings. The van der Waals surface area contributed by atoms with E-state index in [0.717, 1.165) is 67.5 Å². The highest BCUT2D eigenvalue weighted by Gasteiger charge is 2.10. The molecule has 4 nitrogen and oxygen atoms in total. The van der Waals surface area contributed by atoms with Crippen molar-refractivity contribution in [3.63, 3.8) is 0 Å². The summed E-state index contributed by atoms with van der Waals surface area (Å²) in [6.07, 6.45) is 0. The van der Waals surface area contributed by atoms with Gasteiger partial charge in [-0.2, -0.15) is 0 Å². The number of aryl methyl sites for hydroxylation is 1. The molecule has 0 saturated carbocycles. The SMILES string of the molecule is Cc1cc(-c2ccc(CNCCN3CCOCC3)o2)ccc1Br.Cl.Cl. The van der Waals surface area contributed by atoms with Gasteiger partial charge in [0.2, 0.25) is 0 Å². The normalized spacial score (nSPS) is 14.6. The van der Waals surface area contributed by atoms with Gasteiger partial charge in [-0.3, -0.25) is 4.90 Å². The molecule has 0 radical (unpaired) electrons. The van der Waals surface area contributed by atoms with Crippen molar-refractivity contribution in [1.29, 1.82) is 0 Å². The van der Waals surface area contributed by atoms with Crippen molar-refractivity contribution >= 4 is 40.7 Å². The van der Waals surface area contributed by atoms with Crippen LogP contribution in [0.25, 0.3) is 11.3 Å². The first-order chi connectivity index (χ1) is 11.2. The molecule has 1 aliphatic heterocycles. The highest BCUT2D eigenvalue weighted by atomic mass is 79.9. The first kappa shape index (κ1) is 22.5. The summed E-state index contributed by atoms with van der Waals surface area (Å²) in [5.74, 6) is 1.90. The van der Waals surface area contributed by atoms with E-state index in [0.29, 0.717) is 0 Å². The van der Waals surface area contributed by atoms with Crippen molar-refractivity contribution in [3.05, 3.63) is 46.1 Å². The maximum absolute atomic E-state index is 5.95. The number of benzene rings is 1. The zero-order valence-electron chi connectivity index (χ0n) is 14.3. The highest BCUT2D eigenvalue weighted by molar-refractivity contribution is 9.10. The summed E-state index contributed by atoms with van der Waals surface area (Å²) in [6.45, 7) is 8.66. The number of ether oxygens (including phenoxy) is 1. The van der Waals surface area contributed by atoms with Crippen LogP contribution in [0.15, 0.2) is 39.2 Å². The molecule has 3 rings (SSSR count). The van der Waals surface area contributed by atoms with Crippen molar-refractivity contribution in [2.75, 3.05) is 39.4 Å². The van der Waals surface area contributed by atoms with Crippen LogP contribution in [0, 0.1) is 6.92 Å². The van der Waals surface area contributed by atoms with Gasteiger partial charge in [0.05, 0.1) is 19.8 Å². The van der Waals surface area contributed by atoms with Gasteiger partial charge in [-0.1, -0.05) is 22.0 Å². The average Bonchev–Trinajstić information content (AvgIpc) is 3.04. The summed E-state index contributed by atoms with van der Waals surface area (Å²) in [5, 5.41) is 3.45. The predicted octanol–water partition coefficient (Wildman–Crippen LogP) is 4.28. The van der Waals surface area contributed by atoms with E-state index in [1.165, 1.54) is 5.56 Å². The molecule has 25 heavy (non-hydrogen) atoms. The summed E-state index contributed by atoms with van der Waals surface area (Å²) < 4.78 is 12.4. The van der Waals surface area contributed by atoms with Crippen molar-refractivity contribution < 1.29 is 9.15 Å². The van der Waals surface area contributed by atoms with Crippen LogP contribution < -0.4 is 5.32 Å². The molecule has 0 bridgehead atoms. The Bertz CT molecular complexity index is 646. The Morgan fingerprint density at radius 2 is 1.88 bits per heavy atom. The molecule has 0 spiro atoms. The van der Waals surface area contributed by atoms with Gasteiger partial charge in [0.15, 0.2) is 0 Å². The van der Waals surface area contributed by atoms with Gasteiger partial charge in [0.1, 0.15) is 11.5 Å². The van der Waals surface area contributed by atoms with E-state index in [2.05, 4.69) is 57.3 Å². The lowest BCUT2D eigenvalue weighted by Gasteiger charge is -2.26. The fourth-order valence-corrected chi connectivity index (χ4v) is 2.95. The van der Waals surface area contributed by atoms with Gasteiger partial charge in [-0.25, -0.2) is 0 Å². The molecule has 1 fully saturated rings. The summed E-state index contributed by atoms with van der Waals surface area (Å²) in [5.41, 5.74) is 2.33. The van der Waals surface area contributed by atoms with Crippen LogP contribution in [0.5, 0.6) is 0 Å². The number of halogens is 3. The minimum atomic E-state index is 0. The van der Waals surface area contributed by atoms with E-state index >= 15 is 0 Å². The third-order valence-electron chi connectivity index (χ3n) is 4.11. The summed E-state index contributed by atoms with van der Waals surface area (Å²) in [6, 6.07) is 10.4. The molecule has 0 amide bonds. The second-order valence-corrected chi connectivity index (χ2v) is 6.72. The minimum Gasteiger partial charge on any atom is -0.460 e. The van der Waals surface area contributed by atoms with Crippen LogP contribution in [0.4, 0.5) is 0 Å². The molecule has 0 atom stereocenters. The molecule has 1 saturated heterocycles. The Hall–Kier alpha value is -0.560. The average molecular weight is 452 g/mol. The topological polar surface area (TPSA) is 37.6 Å². The third kappa shape index (κ3) is 6.59. The van der Waals surface area contributed by atoms with Crippen LogP contribution in [0.3, 0.4) is 0 Å². The molecule has 0 aliphatic carbocycles.